The Morgan fingerprint density at radius 2 is 1.92 bits per heavy atom. The van der Waals surface area contributed by atoms with Gasteiger partial charge in [0.05, 0.1) is 17.9 Å². The van der Waals surface area contributed by atoms with Gasteiger partial charge in [-0.2, -0.15) is 5.10 Å². The second-order valence-electron chi connectivity index (χ2n) is 6.50. The van der Waals surface area contributed by atoms with Crippen molar-refractivity contribution in [1.29, 1.82) is 0 Å². The summed E-state index contributed by atoms with van der Waals surface area (Å²) in [6, 6.07) is 11.4. The van der Waals surface area contributed by atoms with Crippen molar-refractivity contribution in [3.05, 3.63) is 65.8 Å². The lowest BCUT2D eigenvalue weighted by Gasteiger charge is -2.34. The van der Waals surface area contributed by atoms with Crippen molar-refractivity contribution in [3.8, 4) is 5.69 Å². The summed E-state index contributed by atoms with van der Waals surface area (Å²) in [7, 11) is 0. The van der Waals surface area contributed by atoms with Crippen molar-refractivity contribution in [2.45, 2.75) is 13.5 Å². The summed E-state index contributed by atoms with van der Waals surface area (Å²) in [5.41, 5.74) is 2.55. The van der Waals surface area contributed by atoms with Gasteiger partial charge in [0, 0.05) is 50.2 Å². The van der Waals surface area contributed by atoms with E-state index in [-0.39, 0.29) is 5.91 Å². The first-order chi connectivity index (χ1) is 12.7. The fraction of sp³-hybridized carbons (Fsp3) is 0.316. The zero-order valence-corrected chi connectivity index (χ0v) is 14.7. The molecule has 0 spiro atoms. The van der Waals surface area contributed by atoms with Crippen LogP contribution in [0.4, 0.5) is 0 Å². The standard InChI is InChI=1S/C19H21N5O2/c1-15-13-18(26-21-15)14-22-9-11-23(12-10-22)19(25)16-3-5-17(6-4-16)24-8-2-7-20-24/h2-8,13H,9-12,14H2,1H3. The summed E-state index contributed by atoms with van der Waals surface area (Å²) in [5, 5.41) is 8.12. The third-order valence-corrected chi connectivity index (χ3v) is 4.60. The molecule has 0 aliphatic carbocycles. The summed E-state index contributed by atoms with van der Waals surface area (Å²) < 4.78 is 7.05. The van der Waals surface area contributed by atoms with Gasteiger partial charge in [0.2, 0.25) is 0 Å². The molecule has 1 aromatic carbocycles. The van der Waals surface area contributed by atoms with E-state index in [9.17, 15) is 4.79 Å². The fourth-order valence-electron chi connectivity index (χ4n) is 3.18. The number of nitrogens with zero attached hydrogens (tertiary/aromatic N) is 5. The number of rotatable bonds is 4. The Kier molecular flexibility index (Phi) is 4.53. The van der Waals surface area contributed by atoms with Crippen molar-refractivity contribution in [2.24, 2.45) is 0 Å². The third-order valence-electron chi connectivity index (χ3n) is 4.60. The van der Waals surface area contributed by atoms with E-state index in [1.54, 1.807) is 10.9 Å². The van der Waals surface area contributed by atoms with Gasteiger partial charge in [0.1, 0.15) is 0 Å². The maximum Gasteiger partial charge on any atom is 0.253 e. The first-order valence-electron chi connectivity index (χ1n) is 8.73. The number of carbonyl (C=O) groups is 1. The fourth-order valence-corrected chi connectivity index (χ4v) is 3.18. The molecule has 3 heterocycles. The summed E-state index contributed by atoms with van der Waals surface area (Å²) in [5.74, 6) is 0.948. The number of amides is 1. The molecule has 134 valence electrons. The number of hydrogen-bond donors (Lipinski definition) is 0. The van der Waals surface area contributed by atoms with Gasteiger partial charge in [-0.1, -0.05) is 5.16 Å². The van der Waals surface area contributed by atoms with Crippen LogP contribution in [-0.4, -0.2) is 56.8 Å². The lowest BCUT2D eigenvalue weighted by atomic mass is 10.1. The highest BCUT2D eigenvalue weighted by molar-refractivity contribution is 5.94. The molecule has 1 aliphatic heterocycles. The first kappa shape index (κ1) is 16.5. The Bertz CT molecular complexity index is 862. The second-order valence-corrected chi connectivity index (χ2v) is 6.50. The van der Waals surface area contributed by atoms with E-state index in [2.05, 4.69) is 15.2 Å². The molecule has 0 radical (unpaired) electrons. The van der Waals surface area contributed by atoms with Crippen LogP contribution >= 0.6 is 0 Å². The van der Waals surface area contributed by atoms with Gasteiger partial charge in [0.15, 0.2) is 5.76 Å². The SMILES string of the molecule is Cc1cc(CN2CCN(C(=O)c3ccc(-n4cccn4)cc3)CC2)on1. The molecule has 1 aliphatic rings. The molecule has 7 heteroatoms. The van der Waals surface area contributed by atoms with Gasteiger partial charge in [-0.25, -0.2) is 4.68 Å². The molecule has 2 aromatic heterocycles. The van der Waals surface area contributed by atoms with Gasteiger partial charge in [-0.3, -0.25) is 9.69 Å². The first-order valence-corrected chi connectivity index (χ1v) is 8.73. The molecule has 26 heavy (non-hydrogen) atoms. The van der Waals surface area contributed by atoms with Gasteiger partial charge >= 0.3 is 0 Å². The van der Waals surface area contributed by atoms with Crippen LogP contribution in [0.15, 0.2) is 53.3 Å². The largest absolute Gasteiger partial charge is 0.360 e. The maximum absolute atomic E-state index is 12.7. The highest BCUT2D eigenvalue weighted by atomic mass is 16.5. The minimum Gasteiger partial charge on any atom is -0.360 e. The molecule has 1 saturated heterocycles. The molecule has 3 aromatic rings. The molecule has 0 atom stereocenters. The van der Waals surface area contributed by atoms with E-state index in [1.807, 2.05) is 54.4 Å². The van der Waals surface area contributed by atoms with Crippen molar-refractivity contribution in [3.63, 3.8) is 0 Å². The molecule has 7 nitrogen and oxygen atoms in total. The second kappa shape index (κ2) is 7.13. The lowest BCUT2D eigenvalue weighted by Crippen LogP contribution is -2.48. The summed E-state index contributed by atoms with van der Waals surface area (Å²) in [4.78, 5) is 16.9. The number of piperazine rings is 1. The Balaban J connectivity index is 1.34. The zero-order chi connectivity index (χ0) is 17.9. The van der Waals surface area contributed by atoms with E-state index in [1.165, 1.54) is 0 Å². The predicted octanol–water partition coefficient (Wildman–Crippen LogP) is 2.13. The van der Waals surface area contributed by atoms with Crippen LogP contribution in [0.1, 0.15) is 21.8 Å². The maximum atomic E-state index is 12.7. The number of aryl methyl sites for hydroxylation is 1. The molecular formula is C19H21N5O2. The average molecular weight is 351 g/mol. The molecule has 0 saturated carbocycles. The van der Waals surface area contributed by atoms with Crippen LogP contribution in [0, 0.1) is 6.92 Å². The van der Waals surface area contributed by atoms with Crippen LogP contribution in [-0.2, 0) is 6.54 Å². The van der Waals surface area contributed by atoms with Crippen LogP contribution in [0.5, 0.6) is 0 Å². The minimum atomic E-state index is 0.0761. The van der Waals surface area contributed by atoms with E-state index >= 15 is 0 Å². The van der Waals surface area contributed by atoms with Crippen molar-refractivity contribution in [2.75, 3.05) is 26.2 Å². The summed E-state index contributed by atoms with van der Waals surface area (Å²) >= 11 is 0. The Labute approximate surface area is 151 Å². The summed E-state index contributed by atoms with van der Waals surface area (Å²) in [6.45, 7) is 5.75. The van der Waals surface area contributed by atoms with Crippen molar-refractivity contribution >= 4 is 5.91 Å². The normalized spacial score (nSPS) is 15.3. The molecular weight excluding hydrogens is 330 g/mol. The van der Waals surface area contributed by atoms with Gasteiger partial charge < -0.3 is 9.42 Å². The monoisotopic (exact) mass is 351 g/mol. The third kappa shape index (κ3) is 3.52. The zero-order valence-electron chi connectivity index (χ0n) is 14.7. The molecule has 0 N–H and O–H groups in total. The highest BCUT2D eigenvalue weighted by Crippen LogP contribution is 2.14. The highest BCUT2D eigenvalue weighted by Gasteiger charge is 2.23. The Hall–Kier alpha value is -2.93. The average Bonchev–Trinajstić information content (AvgIpc) is 3.34. The van der Waals surface area contributed by atoms with Crippen LogP contribution < -0.4 is 0 Å². The topological polar surface area (TPSA) is 67.4 Å². The number of aromatic nitrogens is 3. The van der Waals surface area contributed by atoms with Crippen LogP contribution in [0.3, 0.4) is 0 Å². The number of benzene rings is 1. The minimum absolute atomic E-state index is 0.0761. The van der Waals surface area contributed by atoms with E-state index < -0.39 is 0 Å². The van der Waals surface area contributed by atoms with Gasteiger partial charge in [0.25, 0.3) is 5.91 Å². The lowest BCUT2D eigenvalue weighted by molar-refractivity contribution is 0.0617. The van der Waals surface area contributed by atoms with Crippen LogP contribution in [0.25, 0.3) is 5.69 Å². The Morgan fingerprint density at radius 1 is 1.15 bits per heavy atom. The van der Waals surface area contributed by atoms with E-state index in [4.69, 9.17) is 4.52 Å². The number of hydrogen-bond acceptors (Lipinski definition) is 5. The smallest absolute Gasteiger partial charge is 0.253 e. The van der Waals surface area contributed by atoms with E-state index in [0.29, 0.717) is 18.7 Å². The summed E-state index contributed by atoms with van der Waals surface area (Å²) in [6.07, 6.45) is 3.62. The Morgan fingerprint density at radius 3 is 2.54 bits per heavy atom. The number of carbonyl (C=O) groups excluding carboxylic acids is 1. The predicted molar refractivity (Wildman–Crippen MR) is 96.0 cm³/mol. The quantitative estimate of drug-likeness (QED) is 0.720. The van der Waals surface area contributed by atoms with Crippen LogP contribution in [0.2, 0.25) is 0 Å². The van der Waals surface area contributed by atoms with Crippen molar-refractivity contribution < 1.29 is 9.32 Å². The van der Waals surface area contributed by atoms with Crippen molar-refractivity contribution in [1.82, 2.24) is 24.7 Å². The molecule has 1 fully saturated rings. The molecule has 0 unspecified atom stereocenters. The van der Waals surface area contributed by atoms with Gasteiger partial charge in [-0.15, -0.1) is 0 Å². The van der Waals surface area contributed by atoms with E-state index in [0.717, 1.165) is 36.8 Å². The molecule has 0 bridgehead atoms. The molecule has 1 amide bonds. The van der Waals surface area contributed by atoms with Gasteiger partial charge in [-0.05, 0) is 37.3 Å². The molecule has 4 rings (SSSR count).